The van der Waals surface area contributed by atoms with Gasteiger partial charge in [-0.3, -0.25) is 9.36 Å². The van der Waals surface area contributed by atoms with E-state index >= 15 is 0 Å². The normalized spacial score (nSPS) is 10.7. The van der Waals surface area contributed by atoms with E-state index < -0.39 is 5.97 Å². The summed E-state index contributed by atoms with van der Waals surface area (Å²) in [7, 11) is 0. The molecule has 25 heavy (non-hydrogen) atoms. The molecule has 128 valence electrons. The zero-order chi connectivity index (χ0) is 18.0. The van der Waals surface area contributed by atoms with Gasteiger partial charge >= 0.3 is 5.97 Å². The van der Waals surface area contributed by atoms with Crippen molar-refractivity contribution in [1.82, 2.24) is 14.5 Å². The first kappa shape index (κ1) is 17.3. The van der Waals surface area contributed by atoms with E-state index in [4.69, 9.17) is 16.3 Å². The first-order valence-corrected chi connectivity index (χ1v) is 8.64. The van der Waals surface area contributed by atoms with Gasteiger partial charge in [0.05, 0.1) is 5.56 Å². The molecule has 0 radical (unpaired) electrons. The fraction of sp³-hybridized carbons (Fsp3) is 0.176. The highest BCUT2D eigenvalue weighted by Crippen LogP contribution is 2.22. The maximum Gasteiger partial charge on any atom is 0.340 e. The zero-order valence-corrected chi connectivity index (χ0v) is 15.1. The number of ketones is 1. The number of carbonyl (C=O) groups is 2. The van der Waals surface area contributed by atoms with Crippen LogP contribution in [0.2, 0.25) is 5.15 Å². The van der Waals surface area contributed by atoms with Crippen LogP contribution in [0.15, 0.2) is 36.0 Å². The fourth-order valence-corrected chi connectivity index (χ4v) is 3.32. The summed E-state index contributed by atoms with van der Waals surface area (Å²) in [5.41, 5.74) is 2.41. The van der Waals surface area contributed by atoms with Crippen LogP contribution in [-0.2, 0) is 4.74 Å². The summed E-state index contributed by atoms with van der Waals surface area (Å²) < 4.78 is 6.99. The van der Waals surface area contributed by atoms with Gasteiger partial charge in [-0.15, -0.1) is 11.3 Å². The number of pyridine rings is 1. The third-order valence-corrected chi connectivity index (χ3v) is 4.62. The molecule has 0 aromatic carbocycles. The molecule has 0 unspecified atom stereocenters. The standard InChI is InChI=1S/C17H14ClN3O3S/c1-10-7-13(11(2)21(10)17-19-5-6-25-17)14(22)9-24-16(23)12-3-4-15(18)20-8-12/h3-8H,9H2,1-2H3. The maximum absolute atomic E-state index is 12.4. The fourth-order valence-electron chi connectivity index (χ4n) is 2.45. The number of carbonyl (C=O) groups excluding carboxylic acids is 2. The second kappa shape index (κ2) is 7.16. The minimum absolute atomic E-state index is 0.241. The van der Waals surface area contributed by atoms with E-state index in [0.717, 1.165) is 16.5 Å². The van der Waals surface area contributed by atoms with Gasteiger partial charge in [0.15, 0.2) is 11.7 Å². The SMILES string of the molecule is Cc1cc(C(=O)COC(=O)c2ccc(Cl)nc2)c(C)n1-c1nccs1. The highest BCUT2D eigenvalue weighted by Gasteiger charge is 2.19. The number of aromatic nitrogens is 3. The van der Waals surface area contributed by atoms with Crippen molar-refractivity contribution in [3.05, 3.63) is 63.6 Å². The van der Waals surface area contributed by atoms with Crippen molar-refractivity contribution in [3.63, 3.8) is 0 Å². The molecule has 0 amide bonds. The molecule has 0 saturated carbocycles. The number of esters is 1. The van der Waals surface area contributed by atoms with Crippen molar-refractivity contribution >= 4 is 34.7 Å². The molecule has 0 fully saturated rings. The minimum Gasteiger partial charge on any atom is -0.454 e. The van der Waals surface area contributed by atoms with E-state index in [1.807, 2.05) is 23.8 Å². The van der Waals surface area contributed by atoms with Gasteiger partial charge in [0.25, 0.3) is 0 Å². The Morgan fingerprint density at radius 2 is 2.08 bits per heavy atom. The number of hydrogen-bond acceptors (Lipinski definition) is 6. The summed E-state index contributed by atoms with van der Waals surface area (Å²) in [4.78, 5) is 32.5. The van der Waals surface area contributed by atoms with Crippen molar-refractivity contribution < 1.29 is 14.3 Å². The number of nitrogens with zero attached hydrogens (tertiary/aromatic N) is 3. The third-order valence-electron chi connectivity index (χ3n) is 3.64. The number of halogens is 1. The van der Waals surface area contributed by atoms with Crippen molar-refractivity contribution in [2.24, 2.45) is 0 Å². The molecule has 3 rings (SSSR count). The Hall–Kier alpha value is -2.51. The number of hydrogen-bond donors (Lipinski definition) is 0. The summed E-state index contributed by atoms with van der Waals surface area (Å²) in [6.07, 6.45) is 3.02. The van der Waals surface area contributed by atoms with Crippen LogP contribution in [0.5, 0.6) is 0 Å². The number of aryl methyl sites for hydroxylation is 1. The third kappa shape index (κ3) is 3.62. The zero-order valence-electron chi connectivity index (χ0n) is 13.5. The van der Waals surface area contributed by atoms with E-state index in [1.54, 1.807) is 12.3 Å². The Balaban J connectivity index is 1.73. The van der Waals surface area contributed by atoms with E-state index in [0.29, 0.717) is 5.56 Å². The number of Topliss-reactive ketones (excluding diaryl/α,β-unsaturated/α-hetero) is 1. The largest absolute Gasteiger partial charge is 0.454 e. The molecule has 8 heteroatoms. The van der Waals surface area contributed by atoms with Crippen LogP contribution >= 0.6 is 22.9 Å². The van der Waals surface area contributed by atoms with Gasteiger partial charge in [-0.05, 0) is 32.0 Å². The van der Waals surface area contributed by atoms with Gasteiger partial charge in [-0.2, -0.15) is 0 Å². The van der Waals surface area contributed by atoms with Crippen LogP contribution in [-0.4, -0.2) is 32.9 Å². The molecule has 3 heterocycles. The first-order chi connectivity index (χ1) is 12.0. The average molecular weight is 376 g/mol. The summed E-state index contributed by atoms with van der Waals surface area (Å²) in [5.74, 6) is -0.891. The van der Waals surface area contributed by atoms with E-state index in [1.165, 1.54) is 29.7 Å². The number of rotatable bonds is 5. The maximum atomic E-state index is 12.4. The molecule has 3 aromatic rings. The molecule has 0 aliphatic carbocycles. The smallest absolute Gasteiger partial charge is 0.340 e. The molecule has 6 nitrogen and oxygen atoms in total. The number of ether oxygens (including phenoxy) is 1. The lowest BCUT2D eigenvalue weighted by Gasteiger charge is -2.06. The lowest BCUT2D eigenvalue weighted by Crippen LogP contribution is -2.15. The lowest BCUT2D eigenvalue weighted by molar-refractivity contribution is 0.0474. The van der Waals surface area contributed by atoms with Crippen molar-refractivity contribution in [2.45, 2.75) is 13.8 Å². The Morgan fingerprint density at radius 1 is 1.28 bits per heavy atom. The van der Waals surface area contributed by atoms with Crippen LogP contribution in [0, 0.1) is 13.8 Å². The van der Waals surface area contributed by atoms with Crippen LogP contribution in [0.25, 0.3) is 5.13 Å². The quantitative estimate of drug-likeness (QED) is 0.386. The minimum atomic E-state index is -0.619. The lowest BCUT2D eigenvalue weighted by atomic mass is 10.1. The van der Waals surface area contributed by atoms with Crippen LogP contribution < -0.4 is 0 Å². The van der Waals surface area contributed by atoms with E-state index in [2.05, 4.69) is 9.97 Å². The van der Waals surface area contributed by atoms with Gasteiger partial charge in [-0.25, -0.2) is 14.8 Å². The first-order valence-electron chi connectivity index (χ1n) is 7.38. The second-order valence-corrected chi connectivity index (χ2v) is 6.56. The Morgan fingerprint density at radius 3 is 2.72 bits per heavy atom. The van der Waals surface area contributed by atoms with Crippen molar-refractivity contribution in [3.8, 4) is 5.13 Å². The van der Waals surface area contributed by atoms with E-state index in [9.17, 15) is 9.59 Å². The topological polar surface area (TPSA) is 74.1 Å². The Labute approximate surface area is 153 Å². The van der Waals surface area contributed by atoms with Crippen molar-refractivity contribution in [2.75, 3.05) is 6.61 Å². The Bertz CT molecular complexity index is 918. The molecule has 0 bridgehead atoms. The molecule has 0 N–H and O–H groups in total. The predicted molar refractivity (Wildman–Crippen MR) is 94.8 cm³/mol. The molecule has 0 atom stereocenters. The Kier molecular flexibility index (Phi) is 4.96. The second-order valence-electron chi connectivity index (χ2n) is 5.30. The van der Waals surface area contributed by atoms with Crippen molar-refractivity contribution in [1.29, 1.82) is 0 Å². The molecular weight excluding hydrogens is 362 g/mol. The molecule has 0 spiro atoms. The predicted octanol–water partition coefficient (Wildman–Crippen LogP) is 3.64. The average Bonchev–Trinajstić information content (AvgIpc) is 3.21. The van der Waals surface area contributed by atoms with E-state index in [-0.39, 0.29) is 23.1 Å². The highest BCUT2D eigenvalue weighted by molar-refractivity contribution is 7.12. The molecule has 0 saturated heterocycles. The van der Waals surface area contributed by atoms with Crippen LogP contribution in [0.3, 0.4) is 0 Å². The van der Waals surface area contributed by atoms with Gasteiger partial charge in [0.1, 0.15) is 5.15 Å². The molecule has 3 aromatic heterocycles. The van der Waals surface area contributed by atoms with Crippen LogP contribution in [0.1, 0.15) is 32.1 Å². The van der Waals surface area contributed by atoms with Gasteiger partial charge < -0.3 is 4.74 Å². The monoisotopic (exact) mass is 375 g/mol. The summed E-state index contributed by atoms with van der Waals surface area (Å²) in [5, 5.41) is 2.94. The molecule has 0 aliphatic rings. The van der Waals surface area contributed by atoms with Gasteiger partial charge in [-0.1, -0.05) is 11.6 Å². The van der Waals surface area contributed by atoms with Gasteiger partial charge in [0.2, 0.25) is 5.78 Å². The number of thiazole rings is 1. The van der Waals surface area contributed by atoms with Crippen LogP contribution in [0.4, 0.5) is 0 Å². The van der Waals surface area contributed by atoms with Gasteiger partial charge in [0, 0.05) is 34.7 Å². The summed E-state index contributed by atoms with van der Waals surface area (Å²) in [6.45, 7) is 3.40. The highest BCUT2D eigenvalue weighted by atomic mass is 35.5. The molecular formula is C17H14ClN3O3S. The molecule has 0 aliphatic heterocycles. The summed E-state index contributed by atoms with van der Waals surface area (Å²) in [6, 6.07) is 4.76. The summed E-state index contributed by atoms with van der Waals surface area (Å²) >= 11 is 7.16.